The zero-order chi connectivity index (χ0) is 11.4. The highest BCUT2D eigenvalue weighted by atomic mass is 32.2. The van der Waals surface area contributed by atoms with E-state index in [2.05, 4.69) is 0 Å². The molecule has 0 aromatic heterocycles. The molecular weight excluding hydrogens is 222 g/mol. The smallest absolute Gasteiger partial charge is 0.159 e. The van der Waals surface area contributed by atoms with Crippen molar-refractivity contribution in [2.45, 2.75) is 12.2 Å². The molecule has 1 aromatic carbocycles. The maximum Gasteiger partial charge on any atom is 0.159 e. The Kier molecular flexibility index (Phi) is 4.35. The summed E-state index contributed by atoms with van der Waals surface area (Å²) in [6, 6.07) is 3.45. The fourth-order valence-electron chi connectivity index (χ4n) is 1.18. The Morgan fingerprint density at radius 1 is 1.40 bits per heavy atom. The van der Waals surface area contributed by atoms with Gasteiger partial charge in [0.25, 0.3) is 0 Å². The summed E-state index contributed by atoms with van der Waals surface area (Å²) in [6.45, 7) is 1.47. The molecule has 15 heavy (non-hydrogen) atoms. The lowest BCUT2D eigenvalue weighted by atomic mass is 10.1. The van der Waals surface area contributed by atoms with Crippen molar-refractivity contribution in [2.24, 2.45) is 0 Å². The third kappa shape index (κ3) is 3.07. The van der Waals surface area contributed by atoms with Crippen LogP contribution in [-0.2, 0) is 10.8 Å². The fourth-order valence-corrected chi connectivity index (χ4v) is 2.17. The molecule has 0 heterocycles. The molecule has 0 saturated carbocycles. The summed E-state index contributed by atoms with van der Waals surface area (Å²) in [6.07, 6.45) is 0. The summed E-state index contributed by atoms with van der Waals surface area (Å²) < 4.78 is 37.0. The van der Waals surface area contributed by atoms with E-state index < -0.39 is 27.7 Å². The van der Waals surface area contributed by atoms with Crippen LogP contribution in [0.5, 0.6) is 0 Å². The molecule has 0 aliphatic rings. The lowest BCUT2D eigenvalue weighted by molar-refractivity contribution is 0.321. The second kappa shape index (κ2) is 5.32. The predicted molar refractivity (Wildman–Crippen MR) is 54.9 cm³/mol. The number of benzene rings is 1. The zero-order valence-electron chi connectivity index (χ0n) is 8.24. The lowest BCUT2D eigenvalue weighted by Gasteiger charge is -2.11. The maximum atomic E-state index is 12.9. The van der Waals surface area contributed by atoms with Gasteiger partial charge in [-0.15, -0.1) is 0 Å². The van der Waals surface area contributed by atoms with Crippen molar-refractivity contribution in [2.75, 3.05) is 12.4 Å². The molecule has 0 radical (unpaired) electrons. The molecule has 0 aliphatic heterocycles. The van der Waals surface area contributed by atoms with Crippen LogP contribution in [-0.4, -0.2) is 21.7 Å². The van der Waals surface area contributed by atoms with Crippen molar-refractivity contribution in [1.29, 1.82) is 0 Å². The highest BCUT2D eigenvalue weighted by Gasteiger charge is 2.14. The van der Waals surface area contributed by atoms with Gasteiger partial charge in [-0.3, -0.25) is 4.21 Å². The van der Waals surface area contributed by atoms with Gasteiger partial charge in [0.1, 0.15) is 0 Å². The van der Waals surface area contributed by atoms with Crippen LogP contribution in [0, 0.1) is 11.6 Å². The summed E-state index contributed by atoms with van der Waals surface area (Å²) in [5.41, 5.74) is 0.473. The molecule has 0 amide bonds. The summed E-state index contributed by atoms with van der Waals surface area (Å²) in [7, 11) is -1.27. The van der Waals surface area contributed by atoms with E-state index in [4.69, 9.17) is 5.11 Å². The first kappa shape index (κ1) is 12.3. The first-order chi connectivity index (χ1) is 7.06. The van der Waals surface area contributed by atoms with Crippen molar-refractivity contribution >= 4 is 10.8 Å². The van der Waals surface area contributed by atoms with Crippen LogP contribution in [0.1, 0.15) is 17.7 Å². The van der Waals surface area contributed by atoms with Crippen LogP contribution >= 0.6 is 0 Å². The molecule has 84 valence electrons. The Morgan fingerprint density at radius 2 is 2.07 bits per heavy atom. The number of rotatable bonds is 4. The molecule has 5 heteroatoms. The van der Waals surface area contributed by atoms with Gasteiger partial charge >= 0.3 is 0 Å². The first-order valence-electron chi connectivity index (χ1n) is 4.49. The lowest BCUT2D eigenvalue weighted by Crippen LogP contribution is -2.09. The summed E-state index contributed by atoms with van der Waals surface area (Å²) in [4.78, 5) is 0. The molecule has 2 atom stereocenters. The maximum absolute atomic E-state index is 12.9. The topological polar surface area (TPSA) is 37.3 Å². The normalized spacial score (nSPS) is 14.9. The van der Waals surface area contributed by atoms with Crippen molar-refractivity contribution in [1.82, 2.24) is 0 Å². The van der Waals surface area contributed by atoms with Crippen molar-refractivity contribution in [3.8, 4) is 0 Å². The molecule has 2 nitrogen and oxygen atoms in total. The first-order valence-corrected chi connectivity index (χ1v) is 5.87. The molecular formula is C10H12F2O2S. The SMILES string of the molecule is C[C@@H](c1ccc(F)c(F)c1)[S@](=O)CCO. The van der Waals surface area contributed by atoms with E-state index in [1.807, 2.05) is 0 Å². The monoisotopic (exact) mass is 234 g/mol. The second-order valence-corrected chi connectivity index (χ2v) is 5.00. The van der Waals surface area contributed by atoms with Crippen LogP contribution in [0.2, 0.25) is 0 Å². The highest BCUT2D eigenvalue weighted by Crippen LogP contribution is 2.21. The predicted octanol–water partition coefficient (Wildman–Crippen LogP) is 1.77. The Labute approximate surface area is 89.4 Å². The summed E-state index contributed by atoms with van der Waals surface area (Å²) in [5.74, 6) is -1.72. The van der Waals surface area contributed by atoms with E-state index in [0.717, 1.165) is 12.1 Å². The number of aliphatic hydroxyl groups is 1. The van der Waals surface area contributed by atoms with Gasteiger partial charge in [-0.1, -0.05) is 6.07 Å². The van der Waals surface area contributed by atoms with E-state index in [1.165, 1.54) is 6.07 Å². The van der Waals surface area contributed by atoms with Crippen molar-refractivity contribution in [3.05, 3.63) is 35.4 Å². The number of aliphatic hydroxyl groups excluding tert-OH is 1. The van der Waals surface area contributed by atoms with Gasteiger partial charge in [0.2, 0.25) is 0 Å². The molecule has 0 spiro atoms. The second-order valence-electron chi connectivity index (χ2n) is 3.12. The Hall–Kier alpha value is -0.810. The van der Waals surface area contributed by atoms with Crippen molar-refractivity contribution in [3.63, 3.8) is 0 Å². The van der Waals surface area contributed by atoms with Gasteiger partial charge in [0.15, 0.2) is 11.6 Å². The minimum atomic E-state index is -1.27. The van der Waals surface area contributed by atoms with E-state index >= 15 is 0 Å². The number of halogens is 2. The van der Waals surface area contributed by atoms with Crippen LogP contribution < -0.4 is 0 Å². The summed E-state index contributed by atoms with van der Waals surface area (Å²) >= 11 is 0. The van der Waals surface area contributed by atoms with Crippen LogP contribution in [0.4, 0.5) is 8.78 Å². The molecule has 1 aromatic rings. The average Bonchev–Trinajstić information content (AvgIpc) is 2.21. The van der Waals surface area contributed by atoms with E-state index in [9.17, 15) is 13.0 Å². The molecule has 0 aliphatic carbocycles. The molecule has 1 N–H and O–H groups in total. The van der Waals surface area contributed by atoms with Gasteiger partial charge in [-0.05, 0) is 24.6 Å². The Balaban J connectivity index is 2.86. The van der Waals surface area contributed by atoms with Crippen LogP contribution in [0.25, 0.3) is 0 Å². The van der Waals surface area contributed by atoms with Crippen molar-refractivity contribution < 1.29 is 18.1 Å². The quantitative estimate of drug-likeness (QED) is 0.862. The van der Waals surface area contributed by atoms with Gasteiger partial charge < -0.3 is 5.11 Å². The molecule has 0 bridgehead atoms. The average molecular weight is 234 g/mol. The van der Waals surface area contributed by atoms with Gasteiger partial charge in [-0.2, -0.15) is 0 Å². The zero-order valence-corrected chi connectivity index (χ0v) is 9.06. The molecule has 0 unspecified atom stereocenters. The van der Waals surface area contributed by atoms with Crippen LogP contribution in [0.15, 0.2) is 18.2 Å². The van der Waals surface area contributed by atoms with E-state index in [1.54, 1.807) is 6.92 Å². The van der Waals surface area contributed by atoms with E-state index in [0.29, 0.717) is 5.56 Å². The van der Waals surface area contributed by atoms with E-state index in [-0.39, 0.29) is 12.4 Å². The minimum absolute atomic E-state index is 0.139. The Bertz CT molecular complexity index is 368. The third-order valence-corrected chi connectivity index (χ3v) is 3.75. The minimum Gasteiger partial charge on any atom is -0.395 e. The standard InChI is InChI=1S/C10H12F2O2S/c1-7(15(14)5-4-13)8-2-3-9(11)10(12)6-8/h2-3,6-7,13H,4-5H2,1H3/t7-,15+/m0/s1. The summed E-state index contributed by atoms with van der Waals surface area (Å²) in [5, 5.41) is 8.19. The number of hydrogen-bond acceptors (Lipinski definition) is 2. The highest BCUT2D eigenvalue weighted by molar-refractivity contribution is 7.85. The molecule has 1 rings (SSSR count). The fraction of sp³-hybridized carbons (Fsp3) is 0.400. The number of hydrogen-bond donors (Lipinski definition) is 1. The van der Waals surface area contributed by atoms with Gasteiger partial charge in [-0.25, -0.2) is 8.78 Å². The largest absolute Gasteiger partial charge is 0.395 e. The Morgan fingerprint density at radius 3 is 2.60 bits per heavy atom. The van der Waals surface area contributed by atoms with Crippen LogP contribution in [0.3, 0.4) is 0 Å². The van der Waals surface area contributed by atoms with Gasteiger partial charge in [0, 0.05) is 16.6 Å². The third-order valence-electron chi connectivity index (χ3n) is 2.10. The van der Waals surface area contributed by atoms with Gasteiger partial charge in [0.05, 0.1) is 11.9 Å². The molecule has 0 saturated heterocycles. The molecule has 0 fully saturated rings.